The van der Waals surface area contributed by atoms with E-state index in [1.54, 1.807) is 0 Å². The SMILES string of the molecule is CC(C)N(C)CC(O)COc1cccc2ccccc12. The van der Waals surface area contributed by atoms with Crippen molar-refractivity contribution in [1.29, 1.82) is 0 Å². The van der Waals surface area contributed by atoms with E-state index in [-0.39, 0.29) is 0 Å². The minimum absolute atomic E-state index is 0.311. The summed E-state index contributed by atoms with van der Waals surface area (Å²) in [5.41, 5.74) is 0. The van der Waals surface area contributed by atoms with Gasteiger partial charge in [0.15, 0.2) is 0 Å². The first-order valence-corrected chi connectivity index (χ1v) is 7.07. The third kappa shape index (κ3) is 3.71. The van der Waals surface area contributed by atoms with E-state index in [2.05, 4.69) is 30.9 Å². The van der Waals surface area contributed by atoms with Crippen LogP contribution in [-0.4, -0.2) is 42.4 Å². The number of aliphatic hydroxyl groups excluding tert-OH is 1. The highest BCUT2D eigenvalue weighted by Crippen LogP contribution is 2.25. The molecule has 3 heteroatoms. The number of rotatable bonds is 6. The van der Waals surface area contributed by atoms with Crippen LogP contribution < -0.4 is 4.74 Å². The van der Waals surface area contributed by atoms with E-state index in [0.717, 1.165) is 16.5 Å². The van der Waals surface area contributed by atoms with Crippen molar-refractivity contribution in [2.75, 3.05) is 20.2 Å². The summed E-state index contributed by atoms with van der Waals surface area (Å²) >= 11 is 0. The number of aliphatic hydroxyl groups is 1. The maximum absolute atomic E-state index is 10.0. The lowest BCUT2D eigenvalue weighted by atomic mass is 10.1. The predicted molar refractivity (Wildman–Crippen MR) is 83.2 cm³/mol. The monoisotopic (exact) mass is 273 g/mol. The Morgan fingerprint density at radius 2 is 1.80 bits per heavy atom. The van der Waals surface area contributed by atoms with Crippen molar-refractivity contribution in [3.63, 3.8) is 0 Å². The molecule has 0 bridgehead atoms. The average molecular weight is 273 g/mol. The summed E-state index contributed by atoms with van der Waals surface area (Å²) in [6, 6.07) is 14.5. The van der Waals surface area contributed by atoms with Gasteiger partial charge in [-0.15, -0.1) is 0 Å². The first kappa shape index (κ1) is 14.8. The summed E-state index contributed by atoms with van der Waals surface area (Å²) < 4.78 is 5.79. The third-order valence-corrected chi connectivity index (χ3v) is 3.56. The van der Waals surface area contributed by atoms with Crippen LogP contribution in [0.1, 0.15) is 13.8 Å². The molecule has 2 aromatic carbocycles. The van der Waals surface area contributed by atoms with Crippen LogP contribution in [0.15, 0.2) is 42.5 Å². The molecule has 0 fully saturated rings. The molecule has 0 aromatic heterocycles. The molecule has 0 radical (unpaired) electrons. The van der Waals surface area contributed by atoms with Crippen LogP contribution in [0.5, 0.6) is 5.75 Å². The number of ether oxygens (including phenoxy) is 1. The van der Waals surface area contributed by atoms with E-state index in [1.165, 1.54) is 0 Å². The molecule has 1 atom stereocenters. The van der Waals surface area contributed by atoms with Crippen LogP contribution in [0.3, 0.4) is 0 Å². The first-order chi connectivity index (χ1) is 9.58. The molecule has 0 aliphatic rings. The lowest BCUT2D eigenvalue weighted by molar-refractivity contribution is 0.0684. The summed E-state index contributed by atoms with van der Waals surface area (Å²) in [5.74, 6) is 0.828. The Labute approximate surface area is 120 Å². The average Bonchev–Trinajstić information content (AvgIpc) is 2.44. The highest BCUT2D eigenvalue weighted by atomic mass is 16.5. The van der Waals surface area contributed by atoms with E-state index in [9.17, 15) is 5.11 Å². The molecule has 1 N–H and O–H groups in total. The van der Waals surface area contributed by atoms with Crippen LogP contribution >= 0.6 is 0 Å². The lowest BCUT2D eigenvalue weighted by Gasteiger charge is -2.24. The Bertz CT molecular complexity index is 548. The molecule has 0 saturated carbocycles. The highest BCUT2D eigenvalue weighted by molar-refractivity contribution is 5.88. The third-order valence-electron chi connectivity index (χ3n) is 3.56. The number of hydrogen-bond donors (Lipinski definition) is 1. The fraction of sp³-hybridized carbons (Fsp3) is 0.412. The maximum atomic E-state index is 10.0. The van der Waals surface area contributed by atoms with Gasteiger partial charge in [-0.2, -0.15) is 0 Å². The largest absolute Gasteiger partial charge is 0.490 e. The van der Waals surface area contributed by atoms with E-state index < -0.39 is 6.10 Å². The Balaban J connectivity index is 1.99. The van der Waals surface area contributed by atoms with Gasteiger partial charge < -0.3 is 14.7 Å². The number of fused-ring (bicyclic) bond motifs is 1. The fourth-order valence-corrected chi connectivity index (χ4v) is 2.10. The number of likely N-dealkylation sites (N-methyl/N-ethyl adjacent to an activating group) is 1. The smallest absolute Gasteiger partial charge is 0.127 e. The van der Waals surface area contributed by atoms with Crippen LogP contribution in [0.4, 0.5) is 0 Å². The molecule has 0 saturated heterocycles. The zero-order valence-corrected chi connectivity index (χ0v) is 12.4. The van der Waals surface area contributed by atoms with Crippen molar-refractivity contribution in [2.45, 2.75) is 26.0 Å². The molecule has 1 unspecified atom stereocenters. The Hall–Kier alpha value is -1.58. The van der Waals surface area contributed by atoms with Gasteiger partial charge in [-0.3, -0.25) is 0 Å². The molecule has 2 aromatic rings. The van der Waals surface area contributed by atoms with Gasteiger partial charge in [0.2, 0.25) is 0 Å². The summed E-state index contributed by atoms with van der Waals surface area (Å²) in [6.45, 7) is 5.14. The number of benzene rings is 2. The van der Waals surface area contributed by atoms with Crippen LogP contribution in [0.2, 0.25) is 0 Å². The molecule has 108 valence electrons. The molecule has 20 heavy (non-hydrogen) atoms. The molecule has 3 nitrogen and oxygen atoms in total. The zero-order valence-electron chi connectivity index (χ0n) is 12.4. The summed E-state index contributed by atoms with van der Waals surface area (Å²) in [7, 11) is 2.01. The normalized spacial score (nSPS) is 13.1. The minimum atomic E-state index is -0.485. The number of hydrogen-bond acceptors (Lipinski definition) is 3. The van der Waals surface area contributed by atoms with E-state index in [0.29, 0.717) is 19.2 Å². The van der Waals surface area contributed by atoms with Gasteiger partial charge in [-0.25, -0.2) is 0 Å². The summed E-state index contributed by atoms with van der Waals surface area (Å²) in [5, 5.41) is 12.3. The molecule has 0 spiro atoms. The molecular weight excluding hydrogens is 250 g/mol. The van der Waals surface area contributed by atoms with E-state index in [4.69, 9.17) is 4.74 Å². The molecule has 0 aliphatic heterocycles. The van der Waals surface area contributed by atoms with Crippen molar-refractivity contribution < 1.29 is 9.84 Å². The second-order valence-electron chi connectivity index (χ2n) is 5.48. The topological polar surface area (TPSA) is 32.7 Å². The van der Waals surface area contributed by atoms with Gasteiger partial charge in [0.25, 0.3) is 0 Å². The zero-order chi connectivity index (χ0) is 14.5. The Morgan fingerprint density at radius 3 is 2.55 bits per heavy atom. The van der Waals surface area contributed by atoms with Crippen LogP contribution in [-0.2, 0) is 0 Å². The van der Waals surface area contributed by atoms with Crippen LogP contribution in [0, 0.1) is 0 Å². The Morgan fingerprint density at radius 1 is 1.10 bits per heavy atom. The van der Waals surface area contributed by atoms with Gasteiger partial charge in [0, 0.05) is 18.0 Å². The maximum Gasteiger partial charge on any atom is 0.127 e. The second-order valence-corrected chi connectivity index (χ2v) is 5.48. The van der Waals surface area contributed by atoms with Crippen molar-refractivity contribution in [2.24, 2.45) is 0 Å². The highest BCUT2D eigenvalue weighted by Gasteiger charge is 2.12. The van der Waals surface area contributed by atoms with Gasteiger partial charge in [0.05, 0.1) is 0 Å². The van der Waals surface area contributed by atoms with Crippen LogP contribution in [0.25, 0.3) is 10.8 Å². The Kier molecular flexibility index (Phi) is 4.99. The standard InChI is InChI=1S/C17H23NO2/c1-13(2)18(3)11-15(19)12-20-17-10-6-8-14-7-4-5-9-16(14)17/h4-10,13,15,19H,11-12H2,1-3H3. The minimum Gasteiger partial charge on any atom is -0.490 e. The second kappa shape index (κ2) is 6.73. The van der Waals surface area contributed by atoms with Gasteiger partial charge in [0.1, 0.15) is 18.5 Å². The molecule has 0 aliphatic carbocycles. The first-order valence-electron chi connectivity index (χ1n) is 7.07. The van der Waals surface area contributed by atoms with Crippen molar-refractivity contribution >= 4 is 10.8 Å². The van der Waals surface area contributed by atoms with Gasteiger partial charge >= 0.3 is 0 Å². The lowest BCUT2D eigenvalue weighted by Crippen LogP contribution is -2.36. The molecule has 0 amide bonds. The molecule has 0 heterocycles. The fourth-order valence-electron chi connectivity index (χ4n) is 2.10. The van der Waals surface area contributed by atoms with Gasteiger partial charge in [-0.05, 0) is 32.3 Å². The van der Waals surface area contributed by atoms with Crippen molar-refractivity contribution in [3.8, 4) is 5.75 Å². The quantitative estimate of drug-likeness (QED) is 0.878. The number of nitrogens with zero attached hydrogens (tertiary/aromatic N) is 1. The van der Waals surface area contributed by atoms with E-state index in [1.807, 2.05) is 37.4 Å². The summed E-state index contributed by atoms with van der Waals surface area (Å²) in [4.78, 5) is 2.11. The van der Waals surface area contributed by atoms with Gasteiger partial charge in [-0.1, -0.05) is 36.4 Å². The van der Waals surface area contributed by atoms with Crippen molar-refractivity contribution in [3.05, 3.63) is 42.5 Å². The summed E-state index contributed by atoms with van der Waals surface area (Å²) in [6.07, 6.45) is -0.485. The predicted octanol–water partition coefficient (Wildman–Crippen LogP) is 2.92. The molecule has 2 rings (SSSR count). The molecular formula is C17H23NO2. The van der Waals surface area contributed by atoms with Crippen molar-refractivity contribution in [1.82, 2.24) is 4.90 Å². The van der Waals surface area contributed by atoms with E-state index >= 15 is 0 Å².